The molecule has 1 amide bonds. The summed E-state index contributed by atoms with van der Waals surface area (Å²) in [5, 5.41) is 17.4. The lowest BCUT2D eigenvalue weighted by Crippen LogP contribution is -2.44. The van der Waals surface area contributed by atoms with Crippen LogP contribution in [0.25, 0.3) is 10.9 Å². The lowest BCUT2D eigenvalue weighted by Gasteiger charge is -2.35. The van der Waals surface area contributed by atoms with Crippen molar-refractivity contribution in [2.24, 2.45) is 0 Å². The van der Waals surface area contributed by atoms with Crippen LogP contribution in [0.15, 0.2) is 36.5 Å². The first-order valence-electron chi connectivity index (χ1n) is 14.3. The van der Waals surface area contributed by atoms with Gasteiger partial charge < -0.3 is 29.7 Å². The van der Waals surface area contributed by atoms with Crippen molar-refractivity contribution in [3.8, 4) is 5.75 Å². The third-order valence-corrected chi connectivity index (χ3v) is 9.41. The van der Waals surface area contributed by atoms with Crippen molar-refractivity contribution in [2.75, 3.05) is 58.5 Å². The number of aromatic nitrogens is 2. The number of nitrogens with zero attached hydrogens (tertiary/aromatic N) is 4. The molecule has 1 fully saturated rings. The van der Waals surface area contributed by atoms with E-state index in [1.165, 1.54) is 18.2 Å². The van der Waals surface area contributed by atoms with Gasteiger partial charge in [0, 0.05) is 46.4 Å². The van der Waals surface area contributed by atoms with Crippen LogP contribution in [0.1, 0.15) is 34.5 Å². The van der Waals surface area contributed by atoms with E-state index in [2.05, 4.69) is 46.9 Å². The van der Waals surface area contributed by atoms with Crippen LogP contribution in [0.2, 0.25) is 25.7 Å². The molecule has 42 heavy (non-hydrogen) atoms. The highest BCUT2D eigenvalue weighted by atomic mass is 28.3. The minimum atomic E-state index is -3.37. The molecule has 1 aliphatic rings. The number of halogens is 2. The lowest BCUT2D eigenvalue weighted by atomic mass is 10.0. The highest BCUT2D eigenvalue weighted by Crippen LogP contribution is 2.39. The van der Waals surface area contributed by atoms with Crippen molar-refractivity contribution in [2.45, 2.75) is 51.3 Å². The Morgan fingerprint density at radius 1 is 1.19 bits per heavy atom. The van der Waals surface area contributed by atoms with Crippen LogP contribution in [0.4, 0.5) is 14.5 Å². The van der Waals surface area contributed by atoms with Crippen LogP contribution in [0, 0.1) is 0 Å². The molecule has 2 heterocycles. The quantitative estimate of drug-likeness (QED) is 0.229. The summed E-state index contributed by atoms with van der Waals surface area (Å²) in [6.07, 6.45) is 1.70. The third kappa shape index (κ3) is 7.28. The number of piperazine rings is 1. The van der Waals surface area contributed by atoms with Gasteiger partial charge in [-0.3, -0.25) is 4.79 Å². The number of carbonyl (C=O) groups is 1. The van der Waals surface area contributed by atoms with E-state index in [1.54, 1.807) is 31.0 Å². The maximum Gasteiger partial charge on any atom is 0.295 e. The number of nitrogens with one attached hydrogen (secondary N) is 1. The molecule has 0 spiro atoms. The fraction of sp³-hybridized carbons (Fsp3) is 0.533. The molecule has 0 bridgehead atoms. The molecule has 3 aromatic rings. The van der Waals surface area contributed by atoms with Crippen LogP contribution < -0.4 is 15.0 Å². The summed E-state index contributed by atoms with van der Waals surface area (Å²) in [7, 11) is 2.41. The van der Waals surface area contributed by atoms with E-state index >= 15 is 0 Å². The predicted octanol–water partition coefficient (Wildman–Crippen LogP) is 4.68. The first-order chi connectivity index (χ1) is 19.8. The van der Waals surface area contributed by atoms with Gasteiger partial charge in [-0.1, -0.05) is 37.8 Å². The number of benzene rings is 2. The minimum Gasteiger partial charge on any atom is -0.494 e. The Labute approximate surface area is 247 Å². The molecule has 230 valence electrons. The van der Waals surface area contributed by atoms with Gasteiger partial charge in [0.25, 0.3) is 11.8 Å². The third-order valence-electron chi connectivity index (χ3n) is 7.71. The summed E-state index contributed by atoms with van der Waals surface area (Å²) in [5.41, 5.74) is 1.99. The van der Waals surface area contributed by atoms with Crippen LogP contribution >= 0.6 is 0 Å². The van der Waals surface area contributed by atoms with Crippen LogP contribution in [0.5, 0.6) is 5.75 Å². The van der Waals surface area contributed by atoms with Gasteiger partial charge in [-0.2, -0.15) is 13.9 Å². The van der Waals surface area contributed by atoms with E-state index < -0.39 is 26.6 Å². The van der Waals surface area contributed by atoms with Gasteiger partial charge in [-0.15, -0.1) is 0 Å². The molecule has 0 aliphatic carbocycles. The normalized spacial score (nSPS) is 15.7. The number of methoxy groups -OCH3 is 1. The highest BCUT2D eigenvalue weighted by Gasteiger charge is 2.31. The van der Waals surface area contributed by atoms with E-state index in [-0.39, 0.29) is 18.2 Å². The summed E-state index contributed by atoms with van der Waals surface area (Å²) in [5.74, 6) is -3.10. The van der Waals surface area contributed by atoms with Crippen molar-refractivity contribution in [1.82, 2.24) is 20.0 Å². The van der Waals surface area contributed by atoms with Gasteiger partial charge in [0.1, 0.15) is 13.3 Å². The monoisotopic (exact) mass is 603 g/mol. The smallest absolute Gasteiger partial charge is 0.295 e. The Bertz CT molecular complexity index is 1390. The number of hydrogen-bond donors (Lipinski definition) is 2. The second kappa shape index (κ2) is 13.1. The Hall–Kier alpha value is -3.06. The Balaban J connectivity index is 1.71. The maximum atomic E-state index is 14.2. The number of amides is 1. The molecule has 0 radical (unpaired) electrons. The van der Waals surface area contributed by atoms with Crippen LogP contribution in [0.3, 0.4) is 0 Å². The number of aliphatic hydroxyl groups is 1. The standard InChI is InChI=1S/C30H43F2N5O4Si/c1-21(22-8-7-9-23(16-22)30(31,32)19-38)34-29(39)24-17-26(36-12-10-35(2)11-13-36)28(40-3)25-18-33-37(27(24)25)20-41-14-15-42(4,5)6/h7-9,16-18,21,38H,10-15,19-20H2,1-6H3,(H,34,39)/t21-/m0/s1. The molecule has 2 aromatic carbocycles. The highest BCUT2D eigenvalue weighted by molar-refractivity contribution is 6.76. The van der Waals surface area contributed by atoms with Crippen molar-refractivity contribution >= 4 is 30.6 Å². The van der Waals surface area contributed by atoms with Gasteiger partial charge >= 0.3 is 0 Å². The molecule has 4 rings (SSSR count). The minimum absolute atomic E-state index is 0.180. The number of likely N-dealkylation sites (N-methyl/N-ethyl adjacent to an activating group) is 1. The van der Waals surface area contributed by atoms with Gasteiger partial charge in [-0.25, -0.2) is 4.68 Å². The number of anilines is 1. The number of ether oxygens (including phenoxy) is 2. The van der Waals surface area contributed by atoms with E-state index in [1.807, 2.05) is 6.07 Å². The zero-order valence-electron chi connectivity index (χ0n) is 25.4. The molecular weight excluding hydrogens is 560 g/mol. The molecule has 0 saturated carbocycles. The van der Waals surface area contributed by atoms with Gasteiger partial charge in [0.05, 0.1) is 41.5 Å². The molecule has 1 saturated heterocycles. The zero-order chi connectivity index (χ0) is 30.7. The number of rotatable bonds is 12. The molecular formula is C30H43F2N5O4Si. The topological polar surface area (TPSA) is 92.1 Å². The Morgan fingerprint density at radius 2 is 1.90 bits per heavy atom. The summed E-state index contributed by atoms with van der Waals surface area (Å²) in [4.78, 5) is 18.4. The molecule has 9 nitrogen and oxygen atoms in total. The molecule has 1 atom stereocenters. The Kier molecular flexibility index (Phi) is 9.91. The van der Waals surface area contributed by atoms with E-state index in [4.69, 9.17) is 14.6 Å². The average molecular weight is 604 g/mol. The molecule has 1 aromatic heterocycles. The number of aliphatic hydroxyl groups excluding tert-OH is 1. The van der Waals surface area contributed by atoms with Crippen molar-refractivity contribution in [3.05, 3.63) is 53.2 Å². The second-order valence-electron chi connectivity index (χ2n) is 12.2. The van der Waals surface area contributed by atoms with E-state index in [0.717, 1.165) is 37.9 Å². The number of carbonyl (C=O) groups excluding carboxylic acids is 1. The van der Waals surface area contributed by atoms with E-state index in [0.29, 0.717) is 34.4 Å². The fourth-order valence-electron chi connectivity index (χ4n) is 5.03. The number of fused-ring (bicyclic) bond motifs is 1. The summed E-state index contributed by atoms with van der Waals surface area (Å²) in [6.45, 7) is 11.4. The summed E-state index contributed by atoms with van der Waals surface area (Å²) < 4.78 is 41.9. The van der Waals surface area contributed by atoms with Crippen LogP contribution in [-0.4, -0.2) is 87.3 Å². The zero-order valence-corrected chi connectivity index (χ0v) is 26.4. The van der Waals surface area contributed by atoms with Crippen molar-refractivity contribution in [1.29, 1.82) is 0 Å². The molecule has 12 heteroatoms. The Morgan fingerprint density at radius 3 is 2.55 bits per heavy atom. The molecule has 1 aliphatic heterocycles. The second-order valence-corrected chi connectivity index (χ2v) is 17.8. The average Bonchev–Trinajstić information content (AvgIpc) is 3.38. The van der Waals surface area contributed by atoms with E-state index in [9.17, 15) is 13.6 Å². The summed E-state index contributed by atoms with van der Waals surface area (Å²) >= 11 is 0. The maximum absolute atomic E-state index is 14.2. The van der Waals surface area contributed by atoms with Crippen molar-refractivity contribution in [3.63, 3.8) is 0 Å². The molecule has 2 N–H and O–H groups in total. The van der Waals surface area contributed by atoms with Crippen LogP contribution in [-0.2, 0) is 17.4 Å². The van der Waals surface area contributed by atoms with Gasteiger partial charge in [-0.05, 0) is 37.7 Å². The first kappa shape index (κ1) is 31.9. The predicted molar refractivity (Wildman–Crippen MR) is 163 cm³/mol. The largest absolute Gasteiger partial charge is 0.494 e. The first-order valence-corrected chi connectivity index (χ1v) is 18.0. The fourth-order valence-corrected chi connectivity index (χ4v) is 5.78. The summed E-state index contributed by atoms with van der Waals surface area (Å²) in [6, 6.07) is 8.02. The SMILES string of the molecule is COc1c(N2CCN(C)CC2)cc(C(=O)N[C@@H](C)c2cccc(C(F)(F)CO)c2)c2c1cnn2COCC[Si](C)(C)C. The van der Waals surface area contributed by atoms with Gasteiger partial charge in [0.2, 0.25) is 0 Å². The van der Waals surface area contributed by atoms with Crippen molar-refractivity contribution < 1.29 is 28.2 Å². The number of alkyl halides is 2. The molecule has 0 unspecified atom stereocenters. The van der Waals surface area contributed by atoms with Gasteiger partial charge in [0.15, 0.2) is 5.75 Å². The lowest BCUT2D eigenvalue weighted by molar-refractivity contribution is -0.0556. The number of hydrogen-bond acceptors (Lipinski definition) is 7.